The van der Waals surface area contributed by atoms with Crippen LogP contribution in [0.1, 0.15) is 61.2 Å². The van der Waals surface area contributed by atoms with E-state index in [0.717, 1.165) is 23.3 Å². The molecule has 0 spiro atoms. The van der Waals surface area contributed by atoms with E-state index in [9.17, 15) is 9.59 Å². The first-order chi connectivity index (χ1) is 17.7. The minimum absolute atomic E-state index is 0.00835. The number of benzene rings is 2. The van der Waals surface area contributed by atoms with Crippen LogP contribution >= 0.6 is 11.3 Å². The van der Waals surface area contributed by atoms with Crippen molar-refractivity contribution in [1.82, 2.24) is 9.80 Å². The summed E-state index contributed by atoms with van der Waals surface area (Å²) in [6, 6.07) is 17.3. The Morgan fingerprint density at radius 2 is 1.76 bits per heavy atom. The summed E-state index contributed by atoms with van der Waals surface area (Å²) in [5, 5.41) is 5.02. The van der Waals surface area contributed by atoms with Crippen molar-refractivity contribution in [2.75, 3.05) is 25.0 Å². The number of carbonyl (C=O) groups is 2. The van der Waals surface area contributed by atoms with Crippen LogP contribution in [-0.4, -0.2) is 47.5 Å². The van der Waals surface area contributed by atoms with Gasteiger partial charge in [-0.2, -0.15) is 0 Å². The molecular weight excluding hydrogens is 482 g/mol. The zero-order chi connectivity index (χ0) is 26.5. The number of urea groups is 1. The highest BCUT2D eigenvalue weighted by Crippen LogP contribution is 2.34. The molecule has 37 heavy (non-hydrogen) atoms. The lowest BCUT2D eigenvalue weighted by Crippen LogP contribution is -2.50. The van der Waals surface area contributed by atoms with E-state index in [1.165, 1.54) is 10.4 Å². The Bertz CT molecular complexity index is 1200. The average molecular weight is 520 g/mol. The summed E-state index contributed by atoms with van der Waals surface area (Å²) < 4.78 is 6.19. The maximum atomic E-state index is 13.6. The number of amides is 3. The lowest BCUT2D eigenvalue weighted by Gasteiger charge is -2.37. The molecule has 0 bridgehead atoms. The number of aryl methyl sites for hydroxylation is 1. The second-order valence-corrected chi connectivity index (χ2v) is 11.2. The topological polar surface area (TPSA) is 61.9 Å². The number of hydrogen-bond donors (Lipinski definition) is 1. The van der Waals surface area contributed by atoms with Crippen LogP contribution in [0.2, 0.25) is 0 Å². The molecule has 2 aromatic carbocycles. The zero-order valence-corrected chi connectivity index (χ0v) is 23.2. The van der Waals surface area contributed by atoms with Crippen LogP contribution in [-0.2, 0) is 11.2 Å². The molecule has 196 valence electrons. The predicted octanol–water partition coefficient (Wildman–Crippen LogP) is 6.63. The fourth-order valence-corrected chi connectivity index (χ4v) is 5.48. The largest absolute Gasteiger partial charge is 0.491 e. The smallest absolute Gasteiger partial charge is 0.322 e. The predicted molar refractivity (Wildman–Crippen MR) is 151 cm³/mol. The van der Waals surface area contributed by atoms with E-state index in [2.05, 4.69) is 42.7 Å². The summed E-state index contributed by atoms with van der Waals surface area (Å²) in [7, 11) is 0. The summed E-state index contributed by atoms with van der Waals surface area (Å²) in [5.41, 5.74) is 4.24. The first-order valence-corrected chi connectivity index (χ1v) is 13.8. The van der Waals surface area contributed by atoms with Crippen molar-refractivity contribution < 1.29 is 14.3 Å². The Morgan fingerprint density at radius 1 is 1.05 bits per heavy atom. The van der Waals surface area contributed by atoms with E-state index in [1.807, 2.05) is 62.1 Å². The van der Waals surface area contributed by atoms with Gasteiger partial charge in [0.05, 0.1) is 6.04 Å². The molecule has 1 atom stereocenters. The number of anilines is 1. The van der Waals surface area contributed by atoms with Gasteiger partial charge in [-0.3, -0.25) is 4.79 Å². The first-order valence-electron chi connectivity index (χ1n) is 13.0. The third-order valence-electron chi connectivity index (χ3n) is 6.86. The Kier molecular flexibility index (Phi) is 8.54. The Balaban J connectivity index is 1.47. The van der Waals surface area contributed by atoms with Crippen LogP contribution < -0.4 is 10.1 Å². The molecule has 3 aromatic rings. The minimum atomic E-state index is -0.279. The van der Waals surface area contributed by atoms with Crippen molar-refractivity contribution in [3.63, 3.8) is 0 Å². The normalized spacial score (nSPS) is 15.0. The fourth-order valence-electron chi connectivity index (χ4n) is 4.56. The number of thiophene rings is 1. The van der Waals surface area contributed by atoms with Crippen LogP contribution in [0, 0.1) is 6.92 Å². The molecule has 0 fully saturated rings. The molecule has 1 aliphatic rings. The van der Waals surface area contributed by atoms with Gasteiger partial charge in [0.2, 0.25) is 5.91 Å². The molecule has 0 saturated heterocycles. The van der Waals surface area contributed by atoms with Crippen LogP contribution in [0.5, 0.6) is 5.75 Å². The molecule has 2 heterocycles. The van der Waals surface area contributed by atoms with Crippen LogP contribution in [0.3, 0.4) is 0 Å². The highest BCUT2D eigenvalue weighted by molar-refractivity contribution is 7.10. The maximum Gasteiger partial charge on any atom is 0.322 e. The van der Waals surface area contributed by atoms with Gasteiger partial charge in [-0.15, -0.1) is 11.3 Å². The van der Waals surface area contributed by atoms with Gasteiger partial charge in [0, 0.05) is 23.2 Å². The molecule has 3 amide bonds. The molecule has 7 heteroatoms. The molecular formula is C30H37N3O3S. The first kappa shape index (κ1) is 26.7. The summed E-state index contributed by atoms with van der Waals surface area (Å²) in [6.45, 7) is 11.2. The zero-order valence-electron chi connectivity index (χ0n) is 22.4. The number of nitrogens with zero attached hydrogens (tertiary/aromatic N) is 2. The summed E-state index contributed by atoms with van der Waals surface area (Å²) in [6.07, 6.45) is 0.815. The van der Waals surface area contributed by atoms with Crippen molar-refractivity contribution >= 4 is 29.0 Å². The molecule has 1 aliphatic heterocycles. The third kappa shape index (κ3) is 6.52. The standard InChI is InChI=1S/C30H37N3O3S/c1-20(2)23-8-12-25(13-9-23)36-19-27-26-15-17-37-28(26)14-16-32(27)29(34)18-33(21(3)4)30(35)31-24-10-6-22(5)7-11-24/h6-13,15,17,20-21,27H,14,16,18-19H2,1-5H3,(H,31,35). The molecule has 4 rings (SSSR count). The van der Waals surface area contributed by atoms with Crippen molar-refractivity contribution in [1.29, 1.82) is 0 Å². The second-order valence-electron chi connectivity index (χ2n) is 10.2. The highest BCUT2D eigenvalue weighted by atomic mass is 32.1. The number of nitrogens with one attached hydrogen (secondary N) is 1. The van der Waals surface area contributed by atoms with Crippen LogP contribution in [0.25, 0.3) is 0 Å². The average Bonchev–Trinajstić information content (AvgIpc) is 3.36. The van der Waals surface area contributed by atoms with E-state index in [0.29, 0.717) is 24.8 Å². The quantitative estimate of drug-likeness (QED) is 0.363. The summed E-state index contributed by atoms with van der Waals surface area (Å²) in [4.78, 5) is 31.5. The second kappa shape index (κ2) is 11.8. The van der Waals surface area contributed by atoms with Crippen molar-refractivity contribution in [2.24, 2.45) is 0 Å². The van der Waals surface area contributed by atoms with Gasteiger partial charge in [0.15, 0.2) is 0 Å². The van der Waals surface area contributed by atoms with Gasteiger partial charge in [-0.1, -0.05) is 43.7 Å². The monoisotopic (exact) mass is 519 g/mol. The molecule has 0 aliphatic carbocycles. The summed E-state index contributed by atoms with van der Waals surface area (Å²) >= 11 is 1.73. The minimum Gasteiger partial charge on any atom is -0.491 e. The van der Waals surface area contributed by atoms with E-state index < -0.39 is 0 Å². The summed E-state index contributed by atoms with van der Waals surface area (Å²) in [5.74, 6) is 1.18. The Morgan fingerprint density at radius 3 is 2.41 bits per heavy atom. The number of hydrogen-bond acceptors (Lipinski definition) is 4. The van der Waals surface area contributed by atoms with Gasteiger partial charge >= 0.3 is 6.03 Å². The maximum absolute atomic E-state index is 13.6. The fraction of sp³-hybridized carbons (Fsp3) is 0.400. The Hall–Kier alpha value is -3.32. The molecule has 1 N–H and O–H groups in total. The van der Waals surface area contributed by atoms with E-state index in [4.69, 9.17) is 4.74 Å². The van der Waals surface area contributed by atoms with Crippen LogP contribution in [0.4, 0.5) is 10.5 Å². The lowest BCUT2D eigenvalue weighted by molar-refractivity contribution is -0.135. The highest BCUT2D eigenvalue weighted by Gasteiger charge is 2.34. The van der Waals surface area contributed by atoms with Gasteiger partial charge in [0.1, 0.15) is 18.9 Å². The van der Waals surface area contributed by atoms with Crippen molar-refractivity contribution in [3.05, 3.63) is 81.5 Å². The number of fused-ring (bicyclic) bond motifs is 1. The van der Waals surface area contributed by atoms with E-state index in [1.54, 1.807) is 16.2 Å². The molecule has 0 saturated carbocycles. The molecule has 1 aromatic heterocycles. The van der Waals surface area contributed by atoms with Gasteiger partial charge < -0.3 is 19.9 Å². The van der Waals surface area contributed by atoms with E-state index in [-0.39, 0.29) is 30.6 Å². The van der Waals surface area contributed by atoms with Gasteiger partial charge in [-0.25, -0.2) is 4.79 Å². The van der Waals surface area contributed by atoms with Crippen molar-refractivity contribution in [3.8, 4) is 5.75 Å². The lowest BCUT2D eigenvalue weighted by atomic mass is 10.00. The number of rotatable bonds is 8. The van der Waals surface area contributed by atoms with Crippen molar-refractivity contribution in [2.45, 2.75) is 59.0 Å². The molecule has 0 radical (unpaired) electrons. The van der Waals surface area contributed by atoms with Gasteiger partial charge in [0.25, 0.3) is 0 Å². The molecule has 1 unspecified atom stereocenters. The number of ether oxygens (including phenoxy) is 1. The number of carbonyl (C=O) groups excluding carboxylic acids is 2. The third-order valence-corrected chi connectivity index (χ3v) is 7.86. The van der Waals surface area contributed by atoms with E-state index >= 15 is 0 Å². The van der Waals surface area contributed by atoms with Gasteiger partial charge in [-0.05, 0) is 79.9 Å². The SMILES string of the molecule is Cc1ccc(NC(=O)N(CC(=O)N2CCc3sccc3C2COc2ccc(C(C)C)cc2)C(C)C)cc1. The van der Waals surface area contributed by atoms with Crippen LogP contribution in [0.15, 0.2) is 60.0 Å². The molecule has 6 nitrogen and oxygen atoms in total. The Labute approximate surface area is 224 Å².